The van der Waals surface area contributed by atoms with Crippen LogP contribution in [-0.4, -0.2) is 0 Å². The summed E-state index contributed by atoms with van der Waals surface area (Å²) in [6, 6.07) is 0. The quantitative estimate of drug-likeness (QED) is 0.263. The molecule has 0 bridgehead atoms. The van der Waals surface area contributed by atoms with Crippen molar-refractivity contribution in [3.8, 4) is 0 Å². The van der Waals surface area contributed by atoms with Crippen LogP contribution in [0.2, 0.25) is 0 Å². The molecule has 0 heterocycles. The van der Waals surface area contributed by atoms with Crippen molar-refractivity contribution in [3.05, 3.63) is 0 Å². The van der Waals surface area contributed by atoms with Crippen LogP contribution in [0, 0.1) is 123 Å². The summed E-state index contributed by atoms with van der Waals surface area (Å²) in [6.07, 6.45) is 29.9. The van der Waals surface area contributed by atoms with Crippen molar-refractivity contribution >= 4 is 0 Å². The largest absolute Gasteiger partial charge is 0.0625 e. The average Bonchev–Trinajstić information content (AvgIpc) is 3.46. The Labute approximate surface area is 299 Å². The van der Waals surface area contributed by atoms with Gasteiger partial charge >= 0.3 is 0 Å². The van der Waals surface area contributed by atoms with E-state index in [-0.39, 0.29) is 0 Å². The van der Waals surface area contributed by atoms with Gasteiger partial charge in [-0.3, -0.25) is 0 Å². The minimum Gasteiger partial charge on any atom is -0.0625 e. The maximum Gasteiger partial charge on any atom is -0.0194 e. The van der Waals surface area contributed by atoms with Crippen LogP contribution in [0.15, 0.2) is 0 Å². The van der Waals surface area contributed by atoms with E-state index in [9.17, 15) is 0 Å². The molecular weight excluding hydrogens is 577 g/mol. The van der Waals surface area contributed by atoms with Gasteiger partial charge in [0, 0.05) is 0 Å². The van der Waals surface area contributed by atoms with Crippen LogP contribution in [0.4, 0.5) is 0 Å². The number of rotatable bonds is 1. The van der Waals surface area contributed by atoms with Gasteiger partial charge in [0.25, 0.3) is 0 Å². The minimum atomic E-state index is 0.461. The first kappa shape index (κ1) is 33.8. The lowest BCUT2D eigenvalue weighted by Gasteiger charge is -2.63. The zero-order valence-electron chi connectivity index (χ0n) is 33.3. The van der Waals surface area contributed by atoms with E-state index in [1.54, 1.807) is 109 Å². The van der Waals surface area contributed by atoms with E-state index in [1.165, 1.54) is 12.8 Å². The average molecular weight is 657 g/mol. The highest BCUT2D eigenvalue weighted by Crippen LogP contribution is 2.81. The van der Waals surface area contributed by atoms with E-state index in [0.29, 0.717) is 16.2 Å². The van der Waals surface area contributed by atoms with Gasteiger partial charge in [0.2, 0.25) is 0 Å². The van der Waals surface area contributed by atoms with Crippen molar-refractivity contribution < 1.29 is 0 Å². The van der Waals surface area contributed by atoms with Crippen LogP contribution in [0.1, 0.15) is 177 Å². The molecule has 18 atom stereocenters. The highest BCUT2D eigenvalue weighted by Gasteiger charge is 2.76. The Kier molecular flexibility index (Phi) is 8.46. The van der Waals surface area contributed by atoms with Crippen LogP contribution < -0.4 is 0 Å². The molecule has 9 rings (SSSR count). The predicted octanol–water partition coefficient (Wildman–Crippen LogP) is 13.7. The second kappa shape index (κ2) is 12.0. The van der Waals surface area contributed by atoms with Gasteiger partial charge in [0.05, 0.1) is 0 Å². The third-order valence-corrected chi connectivity index (χ3v) is 20.2. The second-order valence-corrected chi connectivity index (χ2v) is 23.4. The first-order valence-electron chi connectivity index (χ1n) is 22.9. The van der Waals surface area contributed by atoms with E-state index in [1.807, 2.05) is 0 Å². The summed E-state index contributed by atoms with van der Waals surface area (Å²) >= 11 is 0. The van der Waals surface area contributed by atoms with Crippen molar-refractivity contribution in [2.45, 2.75) is 177 Å². The fourth-order valence-electron chi connectivity index (χ4n) is 19.8. The Morgan fingerprint density at radius 2 is 1.10 bits per heavy atom. The molecule has 9 saturated carbocycles. The van der Waals surface area contributed by atoms with Crippen molar-refractivity contribution in [2.75, 3.05) is 0 Å². The van der Waals surface area contributed by atoms with Crippen molar-refractivity contribution in [1.82, 2.24) is 0 Å². The molecule has 0 aromatic rings. The van der Waals surface area contributed by atoms with Crippen molar-refractivity contribution in [2.24, 2.45) is 123 Å². The molecular formula is C48H80. The third-order valence-electron chi connectivity index (χ3n) is 20.2. The molecule has 0 aromatic carbocycles. The molecule has 18 unspecified atom stereocenters. The maximum absolute atomic E-state index is 2.90. The Hall–Kier alpha value is 0. The summed E-state index contributed by atoms with van der Waals surface area (Å²) in [5, 5.41) is 0. The third kappa shape index (κ3) is 4.75. The smallest absolute Gasteiger partial charge is 0.0194 e. The van der Waals surface area contributed by atoms with Gasteiger partial charge in [-0.2, -0.15) is 0 Å². The Morgan fingerprint density at radius 1 is 0.479 bits per heavy atom. The molecule has 0 aliphatic heterocycles. The molecule has 48 heavy (non-hydrogen) atoms. The van der Waals surface area contributed by atoms with Gasteiger partial charge in [-0.25, -0.2) is 0 Å². The van der Waals surface area contributed by atoms with Crippen LogP contribution in [-0.2, 0) is 0 Å². The topological polar surface area (TPSA) is 0 Å². The molecule has 9 aliphatic carbocycles. The van der Waals surface area contributed by atoms with E-state index >= 15 is 0 Å². The number of fused-ring (bicyclic) bond motifs is 13. The van der Waals surface area contributed by atoms with E-state index in [4.69, 9.17) is 0 Å². The Balaban J connectivity index is 1.25. The maximum atomic E-state index is 2.90. The summed E-state index contributed by atoms with van der Waals surface area (Å²) < 4.78 is 0. The van der Waals surface area contributed by atoms with E-state index < -0.39 is 0 Å². The highest BCUT2D eigenvalue weighted by atomic mass is 14.8. The summed E-state index contributed by atoms with van der Waals surface area (Å²) in [4.78, 5) is 0. The lowest BCUT2D eigenvalue weighted by molar-refractivity contribution is -0.152. The molecule has 0 nitrogen and oxygen atoms in total. The molecule has 0 saturated heterocycles. The van der Waals surface area contributed by atoms with Crippen LogP contribution >= 0.6 is 0 Å². The number of hydrogen-bond acceptors (Lipinski definition) is 0. The van der Waals surface area contributed by atoms with Gasteiger partial charge in [-0.05, 0) is 181 Å². The Morgan fingerprint density at radius 3 is 1.83 bits per heavy atom. The molecule has 0 heteroatoms. The summed E-state index contributed by atoms with van der Waals surface area (Å²) in [5.41, 5.74) is 1.66. The first-order chi connectivity index (χ1) is 22.9. The van der Waals surface area contributed by atoms with Crippen LogP contribution in [0.25, 0.3) is 0 Å². The van der Waals surface area contributed by atoms with Gasteiger partial charge in [-0.1, -0.05) is 120 Å². The molecule has 1 spiro atoms. The zero-order chi connectivity index (χ0) is 33.3. The summed E-state index contributed by atoms with van der Waals surface area (Å²) in [7, 11) is 0. The lowest BCUT2D eigenvalue weighted by Crippen LogP contribution is -2.57. The van der Waals surface area contributed by atoms with Gasteiger partial charge in [-0.15, -0.1) is 0 Å². The van der Waals surface area contributed by atoms with Gasteiger partial charge < -0.3 is 0 Å². The van der Waals surface area contributed by atoms with Gasteiger partial charge in [0.1, 0.15) is 0 Å². The molecule has 0 amide bonds. The SMILES string of the molecule is CC1CC(C)C(C2CCCCC2)C2(C1)C1C3CCCCC3C(C(C)(C)C)CC1C1C3C4C5CCCCC5CCC4C(C)(C)C3CC(C)C12. The predicted molar refractivity (Wildman–Crippen MR) is 203 cm³/mol. The molecule has 9 aliphatic rings. The minimum absolute atomic E-state index is 0.461. The van der Waals surface area contributed by atoms with Crippen molar-refractivity contribution in [3.63, 3.8) is 0 Å². The molecule has 0 radical (unpaired) electrons. The molecule has 0 N–H and O–H groups in total. The fraction of sp³-hybridized carbons (Fsp3) is 1.00. The highest BCUT2D eigenvalue weighted by molar-refractivity contribution is 5.23. The zero-order valence-corrected chi connectivity index (χ0v) is 33.3. The number of hydrogen-bond donors (Lipinski definition) is 0. The molecule has 9 fully saturated rings. The van der Waals surface area contributed by atoms with Crippen LogP contribution in [0.3, 0.4) is 0 Å². The molecule has 272 valence electrons. The lowest BCUT2D eigenvalue weighted by atomic mass is 9.41. The van der Waals surface area contributed by atoms with E-state index in [0.717, 1.165) is 107 Å². The molecule has 0 aromatic heterocycles. The second-order valence-electron chi connectivity index (χ2n) is 23.4. The first-order valence-corrected chi connectivity index (χ1v) is 22.9. The standard InChI is InChI=1S/C48H80/c1-28-24-29(2)43(32-17-10-9-11-18-32)48(27-28)44-30(3)25-39-42(40-33-19-13-12-16-31(33)22-23-37(40)47(39,7)8)41(44)36-26-38(46(4,5)6)34-20-14-15-21-35(34)45(36)48/h28-45H,9-27H2,1-8H3. The summed E-state index contributed by atoms with van der Waals surface area (Å²) in [6.45, 7) is 22.3. The van der Waals surface area contributed by atoms with Crippen molar-refractivity contribution in [1.29, 1.82) is 0 Å². The Bertz CT molecular complexity index is 1160. The summed E-state index contributed by atoms with van der Waals surface area (Å²) in [5.74, 6) is 18.4. The van der Waals surface area contributed by atoms with E-state index in [2.05, 4.69) is 55.4 Å². The fourth-order valence-corrected chi connectivity index (χ4v) is 19.8. The van der Waals surface area contributed by atoms with Crippen LogP contribution in [0.5, 0.6) is 0 Å². The normalized spacial score (nSPS) is 56.4. The van der Waals surface area contributed by atoms with Gasteiger partial charge in [0.15, 0.2) is 0 Å². The monoisotopic (exact) mass is 657 g/mol.